The van der Waals surface area contributed by atoms with E-state index in [-0.39, 0.29) is 0 Å². The molecule has 112 valence electrons. The Hall–Kier alpha value is -0.0800. The zero-order valence-electron chi connectivity index (χ0n) is 13.6. The van der Waals surface area contributed by atoms with E-state index < -0.39 is 0 Å². The van der Waals surface area contributed by atoms with Gasteiger partial charge in [-0.1, -0.05) is 27.2 Å². The summed E-state index contributed by atoms with van der Waals surface area (Å²) in [7, 11) is 2.15. The maximum absolute atomic E-state index is 6.07. The van der Waals surface area contributed by atoms with E-state index in [4.69, 9.17) is 4.74 Å². The van der Waals surface area contributed by atoms with E-state index >= 15 is 0 Å². The molecule has 2 fully saturated rings. The first kappa shape index (κ1) is 15.3. The van der Waals surface area contributed by atoms with E-state index in [1.54, 1.807) is 0 Å². The predicted octanol–water partition coefficient (Wildman–Crippen LogP) is 3.71. The maximum atomic E-state index is 6.07. The zero-order valence-corrected chi connectivity index (χ0v) is 13.6. The minimum absolute atomic E-state index is 0.400. The SMILES string of the molecule is CNC(C1CCC(C)C(C)C1)C1C(C)OC(C)C1C. The molecule has 1 N–H and O–H groups in total. The minimum atomic E-state index is 0.400. The van der Waals surface area contributed by atoms with Crippen molar-refractivity contribution >= 4 is 0 Å². The highest BCUT2D eigenvalue weighted by Crippen LogP contribution is 2.42. The molecule has 2 rings (SSSR count). The molecule has 2 heteroatoms. The van der Waals surface area contributed by atoms with Crippen LogP contribution in [0.3, 0.4) is 0 Å². The molecule has 0 radical (unpaired) electrons. The molecule has 1 saturated heterocycles. The fourth-order valence-corrected chi connectivity index (χ4v) is 4.57. The molecule has 1 saturated carbocycles. The van der Waals surface area contributed by atoms with E-state index in [0.717, 1.165) is 17.8 Å². The zero-order chi connectivity index (χ0) is 14.2. The lowest BCUT2D eigenvalue weighted by Gasteiger charge is -2.41. The van der Waals surface area contributed by atoms with Crippen molar-refractivity contribution in [2.75, 3.05) is 7.05 Å². The van der Waals surface area contributed by atoms with Crippen LogP contribution >= 0.6 is 0 Å². The number of ether oxygens (including phenoxy) is 1. The molecule has 1 aliphatic carbocycles. The third-order valence-corrected chi connectivity index (χ3v) is 6.21. The van der Waals surface area contributed by atoms with Gasteiger partial charge in [0.25, 0.3) is 0 Å². The minimum Gasteiger partial charge on any atom is -0.375 e. The van der Waals surface area contributed by atoms with Crippen LogP contribution in [0.2, 0.25) is 0 Å². The van der Waals surface area contributed by atoms with Crippen molar-refractivity contribution in [2.45, 2.75) is 72.1 Å². The Kier molecular flexibility index (Phi) is 4.94. The Labute approximate surface area is 119 Å². The molecular formula is C17H33NO. The summed E-state index contributed by atoms with van der Waals surface area (Å²) in [6.45, 7) is 11.7. The van der Waals surface area contributed by atoms with E-state index in [1.807, 2.05) is 0 Å². The summed E-state index contributed by atoms with van der Waals surface area (Å²) in [4.78, 5) is 0. The molecule has 2 nitrogen and oxygen atoms in total. The van der Waals surface area contributed by atoms with Gasteiger partial charge in [-0.3, -0.25) is 0 Å². The molecular weight excluding hydrogens is 234 g/mol. The van der Waals surface area contributed by atoms with Gasteiger partial charge in [0.2, 0.25) is 0 Å². The topological polar surface area (TPSA) is 21.3 Å². The van der Waals surface area contributed by atoms with Gasteiger partial charge >= 0.3 is 0 Å². The maximum Gasteiger partial charge on any atom is 0.0597 e. The molecule has 2 aliphatic rings. The molecule has 19 heavy (non-hydrogen) atoms. The van der Waals surface area contributed by atoms with Crippen LogP contribution < -0.4 is 5.32 Å². The molecule has 1 aliphatic heterocycles. The lowest BCUT2D eigenvalue weighted by atomic mass is 9.68. The van der Waals surface area contributed by atoms with Crippen LogP contribution in [0.5, 0.6) is 0 Å². The molecule has 0 spiro atoms. The fraction of sp³-hybridized carbons (Fsp3) is 1.00. The lowest BCUT2D eigenvalue weighted by molar-refractivity contribution is 0.0408. The van der Waals surface area contributed by atoms with Gasteiger partial charge in [-0.05, 0) is 57.4 Å². The smallest absolute Gasteiger partial charge is 0.0597 e. The molecule has 0 bridgehead atoms. The highest BCUT2D eigenvalue weighted by atomic mass is 16.5. The predicted molar refractivity (Wildman–Crippen MR) is 81.2 cm³/mol. The first-order valence-electron chi connectivity index (χ1n) is 8.28. The van der Waals surface area contributed by atoms with Crippen LogP contribution in [0.4, 0.5) is 0 Å². The number of rotatable bonds is 3. The van der Waals surface area contributed by atoms with Gasteiger partial charge in [-0.25, -0.2) is 0 Å². The summed E-state index contributed by atoms with van der Waals surface area (Å²) in [6.07, 6.45) is 4.99. The lowest BCUT2D eigenvalue weighted by Crippen LogP contribution is -2.47. The largest absolute Gasteiger partial charge is 0.375 e. The van der Waals surface area contributed by atoms with Gasteiger partial charge in [0.1, 0.15) is 0 Å². The third kappa shape index (κ3) is 3.00. The standard InChI is InChI=1S/C17H33NO/c1-10-7-8-15(9-11(10)2)17(18-6)16-12(3)13(4)19-14(16)5/h10-18H,7-9H2,1-6H3. The van der Waals surface area contributed by atoms with Gasteiger partial charge < -0.3 is 10.1 Å². The van der Waals surface area contributed by atoms with Crippen LogP contribution in [0.15, 0.2) is 0 Å². The van der Waals surface area contributed by atoms with E-state index in [9.17, 15) is 0 Å². The number of hydrogen-bond acceptors (Lipinski definition) is 2. The summed E-state index contributed by atoms with van der Waals surface area (Å²) >= 11 is 0. The first-order chi connectivity index (χ1) is 8.95. The number of nitrogens with one attached hydrogen (secondary N) is 1. The average Bonchev–Trinajstić information content (AvgIpc) is 2.61. The van der Waals surface area contributed by atoms with Crippen LogP contribution in [0, 0.1) is 29.6 Å². The van der Waals surface area contributed by atoms with Crippen molar-refractivity contribution in [3.8, 4) is 0 Å². The molecule has 8 atom stereocenters. The Morgan fingerprint density at radius 2 is 1.63 bits per heavy atom. The van der Waals surface area contributed by atoms with Crippen LogP contribution in [-0.4, -0.2) is 25.3 Å². The Morgan fingerprint density at radius 1 is 0.947 bits per heavy atom. The second-order valence-electron chi connectivity index (χ2n) is 7.32. The molecule has 1 heterocycles. The quantitative estimate of drug-likeness (QED) is 0.842. The van der Waals surface area contributed by atoms with Gasteiger partial charge in [-0.15, -0.1) is 0 Å². The number of hydrogen-bond donors (Lipinski definition) is 1. The van der Waals surface area contributed by atoms with Crippen molar-refractivity contribution in [2.24, 2.45) is 29.6 Å². The first-order valence-corrected chi connectivity index (χ1v) is 8.28. The summed E-state index contributed by atoms with van der Waals surface area (Å²) < 4.78 is 6.07. The highest BCUT2D eigenvalue weighted by molar-refractivity contribution is 4.95. The van der Waals surface area contributed by atoms with Crippen molar-refractivity contribution < 1.29 is 4.74 Å². The van der Waals surface area contributed by atoms with Crippen LogP contribution in [-0.2, 0) is 4.74 Å². The average molecular weight is 267 g/mol. The van der Waals surface area contributed by atoms with Gasteiger partial charge in [0.05, 0.1) is 12.2 Å². The van der Waals surface area contributed by atoms with Gasteiger partial charge in [-0.2, -0.15) is 0 Å². The second-order valence-corrected chi connectivity index (χ2v) is 7.32. The van der Waals surface area contributed by atoms with Gasteiger partial charge in [0.15, 0.2) is 0 Å². The Balaban J connectivity index is 2.07. The molecule has 0 aromatic rings. The molecule has 8 unspecified atom stereocenters. The molecule has 0 amide bonds. The van der Waals surface area contributed by atoms with E-state index in [2.05, 4.69) is 47.0 Å². The molecule has 0 aromatic heterocycles. The monoisotopic (exact) mass is 267 g/mol. The van der Waals surface area contributed by atoms with Crippen molar-refractivity contribution in [1.29, 1.82) is 0 Å². The Morgan fingerprint density at radius 3 is 2.11 bits per heavy atom. The summed E-state index contributed by atoms with van der Waals surface area (Å²) in [5.74, 6) is 3.95. The van der Waals surface area contributed by atoms with E-state index in [1.165, 1.54) is 19.3 Å². The molecule has 0 aromatic carbocycles. The highest BCUT2D eigenvalue weighted by Gasteiger charge is 2.44. The van der Waals surface area contributed by atoms with Crippen molar-refractivity contribution in [3.05, 3.63) is 0 Å². The van der Waals surface area contributed by atoms with Crippen LogP contribution in [0.1, 0.15) is 53.9 Å². The van der Waals surface area contributed by atoms with Crippen LogP contribution in [0.25, 0.3) is 0 Å². The normalized spacial score (nSPS) is 49.3. The van der Waals surface area contributed by atoms with Crippen molar-refractivity contribution in [1.82, 2.24) is 5.32 Å². The third-order valence-electron chi connectivity index (χ3n) is 6.21. The van der Waals surface area contributed by atoms with Crippen molar-refractivity contribution in [3.63, 3.8) is 0 Å². The van der Waals surface area contributed by atoms with E-state index in [0.29, 0.717) is 30.1 Å². The van der Waals surface area contributed by atoms with Gasteiger partial charge in [0, 0.05) is 12.0 Å². The summed E-state index contributed by atoms with van der Waals surface area (Å²) in [6, 6.07) is 0.630. The second kappa shape index (κ2) is 6.13. The summed E-state index contributed by atoms with van der Waals surface area (Å²) in [5, 5.41) is 3.65. The Bertz CT molecular complexity index is 293. The fourth-order valence-electron chi connectivity index (χ4n) is 4.57. The summed E-state index contributed by atoms with van der Waals surface area (Å²) in [5.41, 5.74) is 0.